The summed E-state index contributed by atoms with van der Waals surface area (Å²) in [5.74, 6) is -0.0246. The number of nitrogens with one attached hydrogen (secondary N) is 1. The number of amides is 1. The Morgan fingerprint density at radius 1 is 0.375 bits per heavy atom. The third-order valence-corrected chi connectivity index (χ3v) is 15.6. The molecule has 1 amide bonds. The Hall–Kier alpha value is -1.40. The molecule has 0 aromatic heterocycles. The molecule has 6 nitrogen and oxygen atoms in total. The first-order valence-electron chi connectivity index (χ1n) is 32.9. The van der Waals surface area contributed by atoms with Gasteiger partial charge >= 0.3 is 5.97 Å². The second-order valence-corrected chi connectivity index (χ2v) is 22.8. The van der Waals surface area contributed by atoms with Gasteiger partial charge in [-0.15, -0.1) is 0 Å². The van der Waals surface area contributed by atoms with E-state index in [2.05, 4.69) is 31.3 Å². The van der Waals surface area contributed by atoms with E-state index in [0.29, 0.717) is 25.9 Å². The lowest BCUT2D eigenvalue weighted by atomic mass is 10.0. The second kappa shape index (κ2) is 62.1. The summed E-state index contributed by atoms with van der Waals surface area (Å²) in [7, 11) is 0. The lowest BCUT2D eigenvalue weighted by molar-refractivity contribution is -0.143. The monoisotopic (exact) mass is 1020 g/mol. The number of carbonyl (C=O) groups is 2. The third-order valence-electron chi connectivity index (χ3n) is 15.6. The standard InChI is InChI=1S/C66H129NO5/c1-3-5-7-9-11-13-15-17-19-21-28-32-36-40-44-48-52-56-60-66(71)72-61-57-53-49-45-41-37-33-29-25-23-22-24-27-31-35-39-43-47-51-55-59-65(70)67-63(62-68)64(69)58-54-50-46-42-38-34-30-26-20-18-16-14-12-10-8-6-4-2/h19,21,63-64,68-69H,3-18,20,22-62H2,1-2H3,(H,67,70)/b21-19-. The van der Waals surface area contributed by atoms with Crippen molar-refractivity contribution in [1.29, 1.82) is 0 Å². The second-order valence-electron chi connectivity index (χ2n) is 22.8. The maximum atomic E-state index is 12.5. The summed E-state index contributed by atoms with van der Waals surface area (Å²) in [6.07, 6.45) is 75.1. The number of carbonyl (C=O) groups excluding carboxylic acids is 2. The minimum Gasteiger partial charge on any atom is -0.466 e. The predicted molar refractivity (Wildman–Crippen MR) is 315 cm³/mol. The Bertz CT molecular complexity index is 1080. The molecule has 0 bridgehead atoms. The molecule has 0 aliphatic heterocycles. The van der Waals surface area contributed by atoms with Crippen LogP contribution in [0.25, 0.3) is 0 Å². The van der Waals surface area contributed by atoms with Gasteiger partial charge in [-0.3, -0.25) is 9.59 Å². The van der Waals surface area contributed by atoms with E-state index in [1.807, 2.05) is 0 Å². The van der Waals surface area contributed by atoms with Crippen molar-refractivity contribution in [2.24, 2.45) is 0 Å². The van der Waals surface area contributed by atoms with E-state index in [4.69, 9.17) is 4.74 Å². The van der Waals surface area contributed by atoms with Crippen molar-refractivity contribution < 1.29 is 24.5 Å². The molecular formula is C66H129NO5. The molecule has 0 aromatic carbocycles. The van der Waals surface area contributed by atoms with Crippen molar-refractivity contribution in [3.8, 4) is 0 Å². The molecule has 0 spiro atoms. The molecule has 428 valence electrons. The number of aliphatic hydroxyl groups is 2. The molecule has 0 radical (unpaired) electrons. The van der Waals surface area contributed by atoms with Crippen molar-refractivity contribution in [3.63, 3.8) is 0 Å². The van der Waals surface area contributed by atoms with E-state index in [9.17, 15) is 19.8 Å². The van der Waals surface area contributed by atoms with Crippen LogP contribution in [0.1, 0.15) is 373 Å². The van der Waals surface area contributed by atoms with E-state index >= 15 is 0 Å². The molecule has 0 rings (SSSR count). The fourth-order valence-electron chi connectivity index (χ4n) is 10.5. The quantitative estimate of drug-likeness (QED) is 0.0320. The zero-order chi connectivity index (χ0) is 52.2. The minimum absolute atomic E-state index is 0.00880. The van der Waals surface area contributed by atoms with Crippen LogP contribution in [-0.2, 0) is 14.3 Å². The van der Waals surface area contributed by atoms with Crippen LogP contribution >= 0.6 is 0 Å². The van der Waals surface area contributed by atoms with Gasteiger partial charge in [0.15, 0.2) is 0 Å². The predicted octanol–water partition coefficient (Wildman–Crippen LogP) is 20.8. The Morgan fingerprint density at radius 3 is 0.986 bits per heavy atom. The van der Waals surface area contributed by atoms with Crippen LogP contribution in [-0.4, -0.2) is 47.4 Å². The summed E-state index contributed by atoms with van der Waals surface area (Å²) in [5, 5.41) is 23.3. The number of ether oxygens (including phenoxy) is 1. The van der Waals surface area contributed by atoms with Crippen LogP contribution in [0.3, 0.4) is 0 Å². The van der Waals surface area contributed by atoms with Crippen molar-refractivity contribution in [3.05, 3.63) is 12.2 Å². The Labute approximate surface area is 450 Å². The van der Waals surface area contributed by atoms with Crippen LogP contribution in [0.5, 0.6) is 0 Å². The normalized spacial score (nSPS) is 12.6. The number of hydrogen-bond donors (Lipinski definition) is 3. The first-order chi connectivity index (χ1) is 35.5. The van der Waals surface area contributed by atoms with Crippen molar-refractivity contribution >= 4 is 11.9 Å². The van der Waals surface area contributed by atoms with Gasteiger partial charge in [0.05, 0.1) is 25.4 Å². The Balaban J connectivity index is 3.37. The fourth-order valence-corrected chi connectivity index (χ4v) is 10.5. The number of allylic oxidation sites excluding steroid dienone is 2. The number of hydrogen-bond acceptors (Lipinski definition) is 5. The van der Waals surface area contributed by atoms with Gasteiger partial charge in [0, 0.05) is 12.8 Å². The van der Waals surface area contributed by atoms with Gasteiger partial charge in [-0.1, -0.05) is 321 Å². The molecule has 6 heteroatoms. The number of unbranched alkanes of at least 4 members (excludes halogenated alkanes) is 49. The summed E-state index contributed by atoms with van der Waals surface area (Å²) in [6.45, 7) is 4.98. The summed E-state index contributed by atoms with van der Waals surface area (Å²) in [5.41, 5.74) is 0. The van der Waals surface area contributed by atoms with E-state index in [-0.39, 0.29) is 18.5 Å². The first kappa shape index (κ1) is 70.6. The lowest BCUT2D eigenvalue weighted by Crippen LogP contribution is -2.45. The SMILES string of the molecule is CCCCCCCCC/C=C\CCCCCCCCCC(=O)OCCCCCCCCCCCCCCCCCCCCCCC(=O)NC(CO)C(O)CCCCCCCCCCCCCCCCCCC. The third kappa shape index (κ3) is 57.9. The number of aliphatic hydroxyl groups excluding tert-OH is 2. The smallest absolute Gasteiger partial charge is 0.305 e. The largest absolute Gasteiger partial charge is 0.466 e. The molecule has 0 aliphatic rings. The maximum absolute atomic E-state index is 12.5. The van der Waals surface area contributed by atoms with Gasteiger partial charge in [-0.2, -0.15) is 0 Å². The zero-order valence-electron chi connectivity index (χ0n) is 48.9. The van der Waals surface area contributed by atoms with Crippen LogP contribution in [0.2, 0.25) is 0 Å². The number of esters is 1. The molecule has 72 heavy (non-hydrogen) atoms. The Kier molecular flexibility index (Phi) is 60.9. The van der Waals surface area contributed by atoms with E-state index in [1.54, 1.807) is 0 Å². The van der Waals surface area contributed by atoms with Crippen molar-refractivity contribution in [2.45, 2.75) is 386 Å². The highest BCUT2D eigenvalue weighted by Crippen LogP contribution is 2.18. The van der Waals surface area contributed by atoms with Crippen LogP contribution in [0, 0.1) is 0 Å². The fraction of sp³-hybridized carbons (Fsp3) is 0.939. The molecule has 0 aromatic rings. The average Bonchev–Trinajstić information content (AvgIpc) is 3.38. The highest BCUT2D eigenvalue weighted by Gasteiger charge is 2.20. The Morgan fingerprint density at radius 2 is 0.653 bits per heavy atom. The lowest BCUT2D eigenvalue weighted by Gasteiger charge is -2.22. The van der Waals surface area contributed by atoms with E-state index in [0.717, 1.165) is 44.9 Å². The van der Waals surface area contributed by atoms with Crippen molar-refractivity contribution in [2.75, 3.05) is 13.2 Å². The van der Waals surface area contributed by atoms with Gasteiger partial charge in [-0.25, -0.2) is 0 Å². The van der Waals surface area contributed by atoms with E-state index in [1.165, 1.54) is 295 Å². The van der Waals surface area contributed by atoms with Crippen LogP contribution in [0.15, 0.2) is 12.2 Å². The van der Waals surface area contributed by atoms with Crippen LogP contribution in [0.4, 0.5) is 0 Å². The number of rotatable bonds is 62. The van der Waals surface area contributed by atoms with E-state index < -0.39 is 12.1 Å². The van der Waals surface area contributed by atoms with Gasteiger partial charge < -0.3 is 20.3 Å². The summed E-state index contributed by atoms with van der Waals surface area (Å²) in [6, 6.07) is -0.543. The molecule has 0 saturated carbocycles. The van der Waals surface area contributed by atoms with Gasteiger partial charge in [0.25, 0.3) is 0 Å². The van der Waals surface area contributed by atoms with Gasteiger partial charge in [-0.05, 0) is 51.4 Å². The molecular weight excluding hydrogens is 887 g/mol. The summed E-state index contributed by atoms with van der Waals surface area (Å²) < 4.78 is 5.50. The summed E-state index contributed by atoms with van der Waals surface area (Å²) in [4.78, 5) is 24.6. The van der Waals surface area contributed by atoms with Gasteiger partial charge in [0.1, 0.15) is 0 Å². The average molecular weight is 1020 g/mol. The first-order valence-corrected chi connectivity index (χ1v) is 32.9. The molecule has 0 saturated heterocycles. The zero-order valence-corrected chi connectivity index (χ0v) is 48.9. The molecule has 0 fully saturated rings. The molecule has 2 unspecified atom stereocenters. The molecule has 0 heterocycles. The molecule has 0 aliphatic carbocycles. The molecule has 2 atom stereocenters. The highest BCUT2D eigenvalue weighted by atomic mass is 16.5. The maximum Gasteiger partial charge on any atom is 0.305 e. The summed E-state index contributed by atoms with van der Waals surface area (Å²) >= 11 is 0. The van der Waals surface area contributed by atoms with Gasteiger partial charge in [0.2, 0.25) is 5.91 Å². The topological polar surface area (TPSA) is 95.9 Å². The van der Waals surface area contributed by atoms with Crippen LogP contribution < -0.4 is 5.32 Å². The molecule has 3 N–H and O–H groups in total. The minimum atomic E-state index is -0.665. The van der Waals surface area contributed by atoms with Crippen molar-refractivity contribution in [1.82, 2.24) is 5.32 Å². The highest BCUT2D eigenvalue weighted by molar-refractivity contribution is 5.76.